The Morgan fingerprint density at radius 3 is 2.28 bits per heavy atom. The van der Waals surface area contributed by atoms with Crippen LogP contribution >= 0.6 is 0 Å². The molecule has 2 aromatic heterocycles. The van der Waals surface area contributed by atoms with Gasteiger partial charge in [0.05, 0.1) is 5.39 Å². The summed E-state index contributed by atoms with van der Waals surface area (Å²) >= 11 is 0. The Hall–Kier alpha value is -2.28. The van der Waals surface area contributed by atoms with Gasteiger partial charge in [0.2, 0.25) is 5.52 Å². The predicted octanol–water partition coefficient (Wildman–Crippen LogP) is 1.49. The number of hydrogen-bond acceptors (Lipinski definition) is 4. The van der Waals surface area contributed by atoms with E-state index in [-0.39, 0.29) is 0 Å². The Morgan fingerprint density at radius 1 is 0.880 bits per heavy atom. The molecule has 0 atom stereocenters. The van der Waals surface area contributed by atoms with Gasteiger partial charge < -0.3 is 0 Å². The predicted molar refractivity (Wildman–Crippen MR) is 90.7 cm³/mol. The van der Waals surface area contributed by atoms with E-state index in [0.29, 0.717) is 0 Å². The molecule has 0 bridgehead atoms. The maximum atomic E-state index is 8.83. The van der Waals surface area contributed by atoms with Crippen molar-refractivity contribution in [3.8, 4) is 0 Å². The molecular formula is C19H19ClNO4+. The number of pyridine rings is 2. The van der Waals surface area contributed by atoms with Gasteiger partial charge in [-0.15, -0.1) is 0 Å². The molecule has 6 heteroatoms. The van der Waals surface area contributed by atoms with Crippen molar-refractivity contribution in [3.63, 3.8) is 0 Å². The van der Waals surface area contributed by atoms with E-state index in [4.69, 9.17) is 18.6 Å². The third-order valence-electron chi connectivity index (χ3n) is 4.22. The quantitative estimate of drug-likeness (QED) is 0.252. The van der Waals surface area contributed by atoms with Crippen LogP contribution in [-0.4, -0.2) is 14.0 Å². The molecule has 4 aromatic rings. The second-order valence-electron chi connectivity index (χ2n) is 5.88. The van der Waals surface area contributed by atoms with Crippen molar-refractivity contribution in [2.75, 3.05) is 0 Å². The average Bonchev–Trinajstić information content (AvgIpc) is 2.53. The van der Waals surface area contributed by atoms with Crippen LogP contribution in [0.25, 0.3) is 27.1 Å². The number of hydrogen-bond donors (Lipinski definition) is 3. The van der Waals surface area contributed by atoms with Gasteiger partial charge in [-0.2, -0.15) is 4.40 Å². The number of benzene rings is 2. The molecule has 0 saturated carbocycles. The van der Waals surface area contributed by atoms with E-state index in [1.54, 1.807) is 0 Å². The van der Waals surface area contributed by atoms with E-state index in [1.807, 2.05) is 0 Å². The number of nitrogens with zero attached hydrogens (tertiary/aromatic N) is 1. The molecule has 130 valence electrons. The van der Waals surface area contributed by atoms with Crippen LogP contribution in [0.2, 0.25) is 0 Å². The minimum absolute atomic E-state index is 1.31. The molecule has 0 amide bonds. The summed E-state index contributed by atoms with van der Waals surface area (Å²) in [7, 11) is -4.19. The van der Waals surface area contributed by atoms with Crippen molar-refractivity contribution in [2.45, 2.75) is 13.8 Å². The third-order valence-corrected chi connectivity index (χ3v) is 4.22. The molecule has 0 aliphatic rings. The van der Waals surface area contributed by atoms with Crippen LogP contribution in [0.5, 0.6) is 0 Å². The second-order valence-corrected chi connectivity index (χ2v) is 6.75. The van der Waals surface area contributed by atoms with Crippen LogP contribution in [0.1, 0.15) is 11.1 Å². The fraction of sp³-hybridized carbons (Fsp3) is 0.105. The topological polar surface area (TPSA) is 87.9 Å². The van der Waals surface area contributed by atoms with Crippen LogP contribution in [0.15, 0.2) is 60.9 Å². The Bertz CT molecular complexity index is 1070. The zero-order chi connectivity index (χ0) is 18.2. The fourth-order valence-electron chi connectivity index (χ4n) is 3.25. The van der Waals surface area contributed by atoms with Crippen LogP contribution in [0.3, 0.4) is 0 Å². The van der Waals surface area contributed by atoms with E-state index in [9.17, 15) is 0 Å². The molecule has 0 radical (unpaired) electrons. The molecule has 0 fully saturated rings. The van der Waals surface area contributed by atoms with Crippen LogP contribution in [0, 0.1) is 24.1 Å². The van der Waals surface area contributed by atoms with Gasteiger partial charge in [-0.25, -0.2) is 0 Å². The van der Waals surface area contributed by atoms with E-state index in [1.165, 1.54) is 38.2 Å². The van der Waals surface area contributed by atoms with Gasteiger partial charge in [0, 0.05) is 17.7 Å². The monoisotopic (exact) mass is 360 g/mol. The summed E-state index contributed by atoms with van der Waals surface area (Å²) in [6.45, 7) is 4.42. The molecule has 0 unspecified atom stereocenters. The van der Waals surface area contributed by atoms with Gasteiger partial charge in [0.15, 0.2) is 12.4 Å². The van der Waals surface area contributed by atoms with Gasteiger partial charge >= 0.3 is 28.9 Å². The Morgan fingerprint density at radius 2 is 1.56 bits per heavy atom. The molecule has 2 aromatic carbocycles. The first kappa shape index (κ1) is 17.5. The maximum absolute atomic E-state index is 8.83. The van der Waals surface area contributed by atoms with Crippen molar-refractivity contribution in [3.05, 3.63) is 72.1 Å². The molecule has 0 aliphatic heterocycles. The van der Waals surface area contributed by atoms with Crippen LogP contribution in [0.4, 0.5) is 0 Å². The molecule has 4 rings (SSSR count). The summed E-state index contributed by atoms with van der Waals surface area (Å²) < 4.78 is 32.4. The molecule has 25 heavy (non-hydrogen) atoms. The number of halogens is 1. The summed E-state index contributed by atoms with van der Waals surface area (Å²) in [5.41, 5.74) is 4.00. The van der Waals surface area contributed by atoms with Crippen molar-refractivity contribution >= 4 is 27.1 Å². The van der Waals surface area contributed by atoms with Gasteiger partial charge in [0.1, 0.15) is 0 Å². The molecular weight excluding hydrogens is 342 g/mol. The van der Waals surface area contributed by atoms with Crippen LogP contribution in [-0.2, 0) is 0 Å². The van der Waals surface area contributed by atoms with Gasteiger partial charge in [-0.05, 0) is 47.7 Å². The number of rotatable bonds is 0. The number of fused-ring (bicyclic) bond motifs is 4. The first-order chi connectivity index (χ1) is 11.8. The minimum atomic E-state index is -4.19. The zero-order valence-electron chi connectivity index (χ0n) is 13.8. The average molecular weight is 361 g/mol. The second kappa shape index (κ2) is 6.55. The molecule has 0 aliphatic carbocycles. The normalized spacial score (nSPS) is 12.2. The van der Waals surface area contributed by atoms with Gasteiger partial charge in [0.25, 0.3) is 0 Å². The molecule has 5 nitrogen and oxygen atoms in total. The molecule has 3 N–H and O–H groups in total. The van der Waals surface area contributed by atoms with Crippen LogP contribution < -0.4 is 9.06 Å². The first-order valence-corrected chi connectivity index (χ1v) is 8.96. The summed E-state index contributed by atoms with van der Waals surface area (Å²) in [5.74, 6) is 0. The van der Waals surface area contributed by atoms with Gasteiger partial charge in [-0.1, -0.05) is 24.3 Å². The summed E-state index contributed by atoms with van der Waals surface area (Å²) in [6, 6.07) is 17.4. The van der Waals surface area contributed by atoms with Crippen molar-refractivity contribution < 1.29 is 33.3 Å². The first-order valence-electron chi connectivity index (χ1n) is 7.63. The Balaban J connectivity index is 0.000000324. The zero-order valence-corrected chi connectivity index (χ0v) is 14.6. The summed E-state index contributed by atoms with van der Waals surface area (Å²) in [4.78, 5) is 0. The molecule has 0 saturated heterocycles. The van der Waals surface area contributed by atoms with E-state index in [0.717, 1.165) is 0 Å². The Kier molecular flexibility index (Phi) is 4.60. The SMILES string of the molecule is Cc1c2ccccc2cc2cc[n+]3cccc(C)c3c12.[O-][Cl+](O)(O)O. The van der Waals surface area contributed by atoms with E-state index >= 15 is 0 Å². The van der Waals surface area contributed by atoms with E-state index < -0.39 is 10.2 Å². The molecule has 0 spiro atoms. The van der Waals surface area contributed by atoms with Gasteiger partial charge in [-0.3, -0.25) is 0 Å². The fourth-order valence-corrected chi connectivity index (χ4v) is 3.25. The summed E-state index contributed by atoms with van der Waals surface area (Å²) in [6.07, 6.45) is 4.27. The summed E-state index contributed by atoms with van der Waals surface area (Å²) in [5, 5.41) is 5.34. The number of aromatic nitrogens is 1. The van der Waals surface area contributed by atoms with Crippen molar-refractivity contribution in [2.24, 2.45) is 0 Å². The Labute approximate surface area is 146 Å². The number of aryl methyl sites for hydroxylation is 2. The van der Waals surface area contributed by atoms with Crippen molar-refractivity contribution in [1.82, 2.24) is 0 Å². The van der Waals surface area contributed by atoms with E-state index in [2.05, 4.69) is 79.2 Å². The third kappa shape index (κ3) is 3.71. The van der Waals surface area contributed by atoms with Crippen molar-refractivity contribution in [1.29, 1.82) is 0 Å². The standard InChI is InChI=1S/C19H16N.ClH3O4/c1-13-6-5-10-20-11-9-16-12-15-7-3-4-8-17(15)14(2)18(16)19(13)20;2-1(3,4)5/h3-12H,1-2H3;2-4H/q+1;. The molecule has 2 heterocycles.